The number of carbonyl (C=O) groups excluding carboxylic acids is 2. The maximum absolute atomic E-state index is 13.6. The van der Waals surface area contributed by atoms with Gasteiger partial charge in [0.1, 0.15) is 5.82 Å². The van der Waals surface area contributed by atoms with Gasteiger partial charge in [0.2, 0.25) is 5.91 Å². The van der Waals surface area contributed by atoms with Crippen molar-refractivity contribution >= 4 is 29.1 Å². The minimum absolute atomic E-state index is 0.0134. The van der Waals surface area contributed by atoms with Crippen molar-refractivity contribution < 1.29 is 14.0 Å². The summed E-state index contributed by atoms with van der Waals surface area (Å²) in [4.78, 5) is 23.3. The van der Waals surface area contributed by atoms with Crippen LogP contribution in [-0.2, 0) is 11.2 Å². The van der Waals surface area contributed by atoms with E-state index < -0.39 is 11.7 Å². The second-order valence-corrected chi connectivity index (χ2v) is 6.02. The third kappa shape index (κ3) is 5.06. The van der Waals surface area contributed by atoms with Crippen molar-refractivity contribution in [2.45, 2.75) is 26.3 Å². The van der Waals surface area contributed by atoms with Crippen LogP contribution in [0.1, 0.15) is 29.8 Å². The van der Waals surface area contributed by atoms with E-state index in [1.807, 2.05) is 19.1 Å². The van der Waals surface area contributed by atoms with Gasteiger partial charge in [-0.25, -0.2) is 4.39 Å². The standard InChI is InChI=1S/C18H18ClFN2O2/c1-11(9-13-3-6-15(19)7-4-13)21-18(24)14-5-8-16(20)17(10-14)22-12(2)23/h3-8,10-11H,9H2,1-2H3,(H,21,24)(H,22,23)/t11-/m1/s1. The molecule has 24 heavy (non-hydrogen) atoms. The molecule has 0 fully saturated rings. The Morgan fingerprint density at radius 2 is 1.83 bits per heavy atom. The Balaban J connectivity index is 2.03. The first-order valence-corrected chi connectivity index (χ1v) is 7.85. The third-order valence-electron chi connectivity index (χ3n) is 3.37. The summed E-state index contributed by atoms with van der Waals surface area (Å²) in [6, 6.07) is 11.1. The van der Waals surface area contributed by atoms with E-state index >= 15 is 0 Å². The zero-order valence-electron chi connectivity index (χ0n) is 13.4. The maximum Gasteiger partial charge on any atom is 0.251 e. The monoisotopic (exact) mass is 348 g/mol. The van der Waals surface area contributed by atoms with Gasteiger partial charge in [-0.05, 0) is 49.2 Å². The number of hydrogen-bond acceptors (Lipinski definition) is 2. The Morgan fingerprint density at radius 3 is 2.46 bits per heavy atom. The van der Waals surface area contributed by atoms with Gasteiger partial charge in [-0.3, -0.25) is 9.59 Å². The molecule has 2 N–H and O–H groups in total. The summed E-state index contributed by atoms with van der Waals surface area (Å²) in [5, 5.41) is 5.87. The van der Waals surface area contributed by atoms with E-state index in [1.165, 1.54) is 19.1 Å². The van der Waals surface area contributed by atoms with Crippen molar-refractivity contribution in [1.29, 1.82) is 0 Å². The smallest absolute Gasteiger partial charge is 0.251 e. The minimum atomic E-state index is -0.587. The number of rotatable bonds is 5. The number of nitrogens with one attached hydrogen (secondary N) is 2. The molecular formula is C18H18ClFN2O2. The van der Waals surface area contributed by atoms with Crippen molar-refractivity contribution in [3.8, 4) is 0 Å². The Morgan fingerprint density at radius 1 is 1.17 bits per heavy atom. The van der Waals surface area contributed by atoms with E-state index in [0.29, 0.717) is 11.4 Å². The van der Waals surface area contributed by atoms with Crippen LogP contribution in [-0.4, -0.2) is 17.9 Å². The summed E-state index contributed by atoms with van der Waals surface area (Å²) in [5.41, 5.74) is 1.31. The van der Waals surface area contributed by atoms with Gasteiger partial charge in [-0.2, -0.15) is 0 Å². The first kappa shape index (κ1) is 17.9. The van der Waals surface area contributed by atoms with Crippen LogP contribution in [0, 0.1) is 5.82 Å². The lowest BCUT2D eigenvalue weighted by Crippen LogP contribution is -2.34. The average Bonchev–Trinajstić information content (AvgIpc) is 2.51. The zero-order chi connectivity index (χ0) is 17.7. The molecule has 4 nitrogen and oxygen atoms in total. The predicted octanol–water partition coefficient (Wildman–Crippen LogP) is 3.80. The van der Waals surface area contributed by atoms with Gasteiger partial charge in [0.05, 0.1) is 5.69 Å². The third-order valence-corrected chi connectivity index (χ3v) is 3.62. The van der Waals surface area contributed by atoms with Crippen LogP contribution < -0.4 is 10.6 Å². The van der Waals surface area contributed by atoms with Crippen LogP contribution >= 0.6 is 11.6 Å². The summed E-state index contributed by atoms with van der Waals surface area (Å²) in [5.74, 6) is -1.32. The van der Waals surface area contributed by atoms with Gasteiger partial charge in [-0.15, -0.1) is 0 Å². The fraction of sp³-hybridized carbons (Fsp3) is 0.222. The first-order valence-electron chi connectivity index (χ1n) is 7.47. The Bertz CT molecular complexity index is 747. The van der Waals surface area contributed by atoms with Crippen LogP contribution in [0.2, 0.25) is 5.02 Å². The normalized spacial score (nSPS) is 11.7. The first-order chi connectivity index (χ1) is 11.3. The molecule has 1 atom stereocenters. The molecule has 2 aromatic carbocycles. The summed E-state index contributed by atoms with van der Waals surface area (Å²) >= 11 is 5.85. The summed E-state index contributed by atoms with van der Waals surface area (Å²) in [6.07, 6.45) is 0.642. The van der Waals surface area contributed by atoms with Crippen molar-refractivity contribution in [2.75, 3.05) is 5.32 Å². The molecule has 0 heterocycles. The van der Waals surface area contributed by atoms with E-state index in [0.717, 1.165) is 11.6 Å². The van der Waals surface area contributed by atoms with E-state index in [4.69, 9.17) is 11.6 Å². The van der Waals surface area contributed by atoms with Gasteiger partial charge in [0.25, 0.3) is 5.91 Å². The molecule has 6 heteroatoms. The van der Waals surface area contributed by atoms with E-state index in [-0.39, 0.29) is 23.2 Å². The summed E-state index contributed by atoms with van der Waals surface area (Å²) in [7, 11) is 0. The van der Waals surface area contributed by atoms with E-state index in [2.05, 4.69) is 10.6 Å². The minimum Gasteiger partial charge on any atom is -0.349 e. The highest BCUT2D eigenvalue weighted by molar-refractivity contribution is 6.30. The van der Waals surface area contributed by atoms with Crippen LogP contribution in [0.3, 0.4) is 0 Å². The fourth-order valence-corrected chi connectivity index (χ4v) is 2.41. The molecule has 0 radical (unpaired) electrons. The molecule has 0 bridgehead atoms. The molecule has 0 aromatic heterocycles. The van der Waals surface area contributed by atoms with Gasteiger partial charge >= 0.3 is 0 Å². The largest absolute Gasteiger partial charge is 0.349 e. The summed E-state index contributed by atoms with van der Waals surface area (Å²) < 4.78 is 13.6. The quantitative estimate of drug-likeness (QED) is 0.863. The van der Waals surface area contributed by atoms with Crippen LogP contribution in [0.4, 0.5) is 10.1 Å². The molecule has 0 aliphatic rings. The number of anilines is 1. The summed E-state index contributed by atoms with van der Waals surface area (Å²) in [6.45, 7) is 3.16. The van der Waals surface area contributed by atoms with Crippen LogP contribution in [0.15, 0.2) is 42.5 Å². The lowest BCUT2D eigenvalue weighted by Gasteiger charge is -2.15. The molecule has 126 valence electrons. The second kappa shape index (κ2) is 7.93. The Hall–Kier alpha value is -2.40. The zero-order valence-corrected chi connectivity index (χ0v) is 14.2. The molecule has 0 saturated heterocycles. The van der Waals surface area contributed by atoms with Gasteiger partial charge < -0.3 is 10.6 Å². The number of halogens is 2. The predicted molar refractivity (Wildman–Crippen MR) is 92.8 cm³/mol. The van der Waals surface area contributed by atoms with Crippen molar-refractivity contribution in [1.82, 2.24) is 5.32 Å². The number of benzene rings is 2. The molecule has 0 aliphatic carbocycles. The van der Waals surface area contributed by atoms with Gasteiger partial charge in [-0.1, -0.05) is 23.7 Å². The highest BCUT2D eigenvalue weighted by Crippen LogP contribution is 2.17. The van der Waals surface area contributed by atoms with Crippen LogP contribution in [0.5, 0.6) is 0 Å². The number of hydrogen-bond donors (Lipinski definition) is 2. The molecule has 0 aliphatic heterocycles. The molecule has 2 amide bonds. The van der Waals surface area contributed by atoms with Crippen molar-refractivity contribution in [2.24, 2.45) is 0 Å². The van der Waals surface area contributed by atoms with Gasteiger partial charge in [0.15, 0.2) is 0 Å². The molecule has 0 spiro atoms. The fourth-order valence-electron chi connectivity index (χ4n) is 2.28. The highest BCUT2D eigenvalue weighted by Gasteiger charge is 2.13. The number of carbonyl (C=O) groups is 2. The highest BCUT2D eigenvalue weighted by atomic mass is 35.5. The Labute approximate surface area is 145 Å². The Kier molecular flexibility index (Phi) is 5.93. The van der Waals surface area contributed by atoms with E-state index in [1.54, 1.807) is 12.1 Å². The molecule has 2 aromatic rings. The average molecular weight is 349 g/mol. The molecular weight excluding hydrogens is 331 g/mol. The molecule has 2 rings (SSSR count). The molecule has 0 saturated carbocycles. The number of amides is 2. The van der Waals surface area contributed by atoms with Crippen molar-refractivity contribution in [3.05, 3.63) is 64.4 Å². The van der Waals surface area contributed by atoms with E-state index in [9.17, 15) is 14.0 Å². The lowest BCUT2D eigenvalue weighted by molar-refractivity contribution is -0.114. The van der Waals surface area contributed by atoms with Gasteiger partial charge in [0, 0.05) is 23.6 Å². The molecule has 0 unspecified atom stereocenters. The lowest BCUT2D eigenvalue weighted by atomic mass is 10.1. The van der Waals surface area contributed by atoms with Crippen molar-refractivity contribution in [3.63, 3.8) is 0 Å². The topological polar surface area (TPSA) is 58.2 Å². The second-order valence-electron chi connectivity index (χ2n) is 5.58. The maximum atomic E-state index is 13.6. The van der Waals surface area contributed by atoms with Crippen LogP contribution in [0.25, 0.3) is 0 Å². The SMILES string of the molecule is CC(=O)Nc1cc(C(=O)N[C@H](C)Cc2ccc(Cl)cc2)ccc1F.